The highest BCUT2D eigenvalue weighted by molar-refractivity contribution is 6.05. The number of aryl methyl sites for hydroxylation is 1. The van der Waals surface area contributed by atoms with Gasteiger partial charge < -0.3 is 20.5 Å². The van der Waals surface area contributed by atoms with Crippen LogP contribution in [0.5, 0.6) is 0 Å². The number of amides is 2. The highest BCUT2D eigenvalue weighted by atomic mass is 16.5. The minimum absolute atomic E-state index is 0.262. The van der Waals surface area contributed by atoms with Gasteiger partial charge in [-0.15, -0.1) is 0 Å². The number of nitrogens with one attached hydrogen (secondary N) is 2. The molecule has 0 aromatic heterocycles. The van der Waals surface area contributed by atoms with Gasteiger partial charge in [0.2, 0.25) is 0 Å². The number of hydrogen-bond acceptors (Lipinski definition) is 4. The van der Waals surface area contributed by atoms with E-state index >= 15 is 0 Å². The zero-order valence-corrected chi connectivity index (χ0v) is 14.6. The van der Waals surface area contributed by atoms with Gasteiger partial charge in [0.1, 0.15) is 0 Å². The number of urea groups is 1. The van der Waals surface area contributed by atoms with E-state index in [1.807, 2.05) is 18.2 Å². The fraction of sp³-hybridized carbons (Fsp3) is 0.300. The van der Waals surface area contributed by atoms with E-state index in [0.29, 0.717) is 23.4 Å². The summed E-state index contributed by atoms with van der Waals surface area (Å²) in [5.41, 5.74) is 3.45. The molecule has 2 amide bonds. The van der Waals surface area contributed by atoms with Crippen molar-refractivity contribution >= 4 is 23.4 Å². The third-order valence-electron chi connectivity index (χ3n) is 4.38. The van der Waals surface area contributed by atoms with Gasteiger partial charge in [0, 0.05) is 12.1 Å². The number of anilines is 2. The van der Waals surface area contributed by atoms with E-state index in [0.717, 1.165) is 24.0 Å². The van der Waals surface area contributed by atoms with Crippen molar-refractivity contribution in [2.75, 3.05) is 17.2 Å². The normalized spacial score (nSPS) is 15.7. The maximum atomic E-state index is 12.4. The average Bonchev–Trinajstić information content (AvgIpc) is 2.63. The predicted octanol–water partition coefficient (Wildman–Crippen LogP) is 3.36. The van der Waals surface area contributed by atoms with Crippen molar-refractivity contribution in [2.24, 2.45) is 0 Å². The topological polar surface area (TPSA) is 87.7 Å². The van der Waals surface area contributed by atoms with Crippen molar-refractivity contribution in [3.63, 3.8) is 0 Å². The second kappa shape index (κ2) is 8.01. The van der Waals surface area contributed by atoms with E-state index in [1.54, 1.807) is 31.2 Å². The van der Waals surface area contributed by atoms with Crippen molar-refractivity contribution in [3.05, 3.63) is 59.2 Å². The third kappa shape index (κ3) is 4.03. The maximum Gasteiger partial charge on any atom is 0.340 e. The van der Waals surface area contributed by atoms with Crippen LogP contribution in [0.25, 0.3) is 0 Å². The van der Waals surface area contributed by atoms with E-state index in [-0.39, 0.29) is 6.61 Å². The van der Waals surface area contributed by atoms with E-state index in [4.69, 9.17) is 4.74 Å². The number of benzene rings is 2. The molecule has 0 spiro atoms. The molecule has 1 aliphatic rings. The van der Waals surface area contributed by atoms with E-state index in [1.165, 1.54) is 0 Å². The molecule has 0 heterocycles. The van der Waals surface area contributed by atoms with Crippen LogP contribution in [-0.4, -0.2) is 29.8 Å². The van der Waals surface area contributed by atoms with Gasteiger partial charge in [-0.05, 0) is 49.1 Å². The lowest BCUT2D eigenvalue weighted by Crippen LogP contribution is -2.25. The number of aliphatic hydroxyl groups excluding tert-OH is 1. The summed E-state index contributed by atoms with van der Waals surface area (Å²) >= 11 is 0. The lowest BCUT2D eigenvalue weighted by atomic mass is 9.88. The molecular weight excluding hydrogens is 332 g/mol. The largest absolute Gasteiger partial charge is 0.462 e. The minimum Gasteiger partial charge on any atom is -0.462 e. The lowest BCUT2D eigenvalue weighted by molar-refractivity contribution is 0.0527. The van der Waals surface area contributed by atoms with Crippen LogP contribution >= 0.6 is 0 Å². The molecule has 0 aliphatic heterocycles. The zero-order valence-electron chi connectivity index (χ0n) is 14.6. The molecule has 1 atom stereocenters. The van der Waals surface area contributed by atoms with Crippen LogP contribution in [-0.2, 0) is 17.6 Å². The standard InChI is InChI=1S/C20H22N2O4/c1-2-26-19(24)15-7-3-4-8-17(15)21-20(25)22-18-9-5-6-13-10-11-14(23)12-16(13)18/h3-9,14,23H,2,10-12H2,1H3,(H2,21,22,25)/t14-/m1/s1. The second-order valence-electron chi connectivity index (χ2n) is 6.19. The van der Waals surface area contributed by atoms with Gasteiger partial charge in [-0.3, -0.25) is 0 Å². The Morgan fingerprint density at radius 3 is 2.65 bits per heavy atom. The molecule has 2 aromatic rings. The molecule has 0 bridgehead atoms. The Hall–Kier alpha value is -2.86. The smallest absolute Gasteiger partial charge is 0.340 e. The van der Waals surface area contributed by atoms with Crippen LogP contribution in [0.3, 0.4) is 0 Å². The van der Waals surface area contributed by atoms with Crippen LogP contribution in [0, 0.1) is 0 Å². The summed E-state index contributed by atoms with van der Waals surface area (Å²) in [4.78, 5) is 24.5. The lowest BCUT2D eigenvalue weighted by Gasteiger charge is -2.23. The van der Waals surface area contributed by atoms with Gasteiger partial charge >= 0.3 is 12.0 Å². The zero-order chi connectivity index (χ0) is 18.5. The molecular formula is C20H22N2O4. The Labute approximate surface area is 152 Å². The fourth-order valence-corrected chi connectivity index (χ4v) is 3.14. The Bertz CT molecular complexity index is 819. The van der Waals surface area contributed by atoms with Crippen molar-refractivity contribution in [2.45, 2.75) is 32.3 Å². The molecule has 0 saturated carbocycles. The molecule has 26 heavy (non-hydrogen) atoms. The number of aliphatic hydroxyl groups is 1. The number of rotatable bonds is 4. The van der Waals surface area contributed by atoms with E-state index in [2.05, 4.69) is 10.6 Å². The molecule has 6 heteroatoms. The first-order valence-electron chi connectivity index (χ1n) is 8.71. The van der Waals surface area contributed by atoms with Crippen molar-refractivity contribution < 1.29 is 19.4 Å². The van der Waals surface area contributed by atoms with Crippen LogP contribution in [0.1, 0.15) is 34.8 Å². The molecule has 0 saturated heterocycles. The first-order valence-corrected chi connectivity index (χ1v) is 8.71. The van der Waals surface area contributed by atoms with Crippen molar-refractivity contribution in [3.8, 4) is 0 Å². The molecule has 0 radical (unpaired) electrons. The molecule has 0 fully saturated rings. The Kier molecular flexibility index (Phi) is 5.53. The molecule has 3 N–H and O–H groups in total. The van der Waals surface area contributed by atoms with Gasteiger partial charge in [0.05, 0.1) is 24.0 Å². The molecule has 3 rings (SSSR count). The number of esters is 1. The van der Waals surface area contributed by atoms with E-state index < -0.39 is 18.1 Å². The second-order valence-corrected chi connectivity index (χ2v) is 6.19. The van der Waals surface area contributed by atoms with Gasteiger partial charge in [0.25, 0.3) is 0 Å². The molecule has 6 nitrogen and oxygen atoms in total. The fourth-order valence-electron chi connectivity index (χ4n) is 3.14. The van der Waals surface area contributed by atoms with Gasteiger partial charge in [-0.1, -0.05) is 24.3 Å². The quantitative estimate of drug-likeness (QED) is 0.735. The minimum atomic E-state index is -0.483. The SMILES string of the molecule is CCOC(=O)c1ccccc1NC(=O)Nc1cccc2c1C[C@H](O)CC2. The first kappa shape index (κ1) is 17.9. The first-order chi connectivity index (χ1) is 12.6. The number of hydrogen-bond donors (Lipinski definition) is 3. The highest BCUT2D eigenvalue weighted by Crippen LogP contribution is 2.28. The molecule has 136 valence electrons. The number of carbonyl (C=O) groups excluding carboxylic acids is 2. The molecule has 1 aliphatic carbocycles. The van der Waals surface area contributed by atoms with Crippen LogP contribution in [0.15, 0.2) is 42.5 Å². The monoisotopic (exact) mass is 354 g/mol. The predicted molar refractivity (Wildman–Crippen MR) is 99.5 cm³/mol. The summed E-state index contributed by atoms with van der Waals surface area (Å²) in [5.74, 6) is -0.483. The highest BCUT2D eigenvalue weighted by Gasteiger charge is 2.20. The Morgan fingerprint density at radius 1 is 1.12 bits per heavy atom. The number of ether oxygens (including phenoxy) is 1. The Balaban J connectivity index is 1.76. The summed E-state index contributed by atoms with van der Waals surface area (Å²) in [5, 5.41) is 15.4. The summed E-state index contributed by atoms with van der Waals surface area (Å²) in [6.45, 7) is 1.99. The number of carbonyl (C=O) groups is 2. The van der Waals surface area contributed by atoms with Gasteiger partial charge in [0.15, 0.2) is 0 Å². The van der Waals surface area contributed by atoms with Crippen LogP contribution in [0.4, 0.5) is 16.2 Å². The van der Waals surface area contributed by atoms with Gasteiger partial charge in [-0.25, -0.2) is 9.59 Å². The van der Waals surface area contributed by atoms with Gasteiger partial charge in [-0.2, -0.15) is 0 Å². The number of fused-ring (bicyclic) bond motifs is 1. The summed E-state index contributed by atoms with van der Waals surface area (Å²) < 4.78 is 5.02. The summed E-state index contributed by atoms with van der Waals surface area (Å²) in [6.07, 6.45) is 1.65. The van der Waals surface area contributed by atoms with E-state index in [9.17, 15) is 14.7 Å². The van der Waals surface area contributed by atoms with Crippen molar-refractivity contribution in [1.29, 1.82) is 0 Å². The maximum absolute atomic E-state index is 12.4. The molecule has 0 unspecified atom stereocenters. The summed E-state index contributed by atoms with van der Waals surface area (Å²) in [6, 6.07) is 12.0. The third-order valence-corrected chi connectivity index (χ3v) is 4.38. The summed E-state index contributed by atoms with van der Waals surface area (Å²) in [7, 11) is 0. The molecule has 2 aromatic carbocycles. The van der Waals surface area contributed by atoms with Crippen molar-refractivity contribution in [1.82, 2.24) is 0 Å². The van der Waals surface area contributed by atoms with Crippen LogP contribution in [0.2, 0.25) is 0 Å². The Morgan fingerprint density at radius 2 is 1.85 bits per heavy atom. The van der Waals surface area contributed by atoms with Crippen LogP contribution < -0.4 is 10.6 Å². The number of para-hydroxylation sites is 1. The average molecular weight is 354 g/mol.